The second-order valence-electron chi connectivity index (χ2n) is 3.98. The third-order valence-electron chi connectivity index (χ3n) is 2.27. The predicted octanol–water partition coefficient (Wildman–Crippen LogP) is -0.263. The van der Waals surface area contributed by atoms with Gasteiger partial charge in [-0.15, -0.1) is 0 Å². The first-order valence-electron chi connectivity index (χ1n) is 5.20. The van der Waals surface area contributed by atoms with E-state index in [0.717, 1.165) is 0 Å². The van der Waals surface area contributed by atoms with Gasteiger partial charge < -0.3 is 19.7 Å². The van der Waals surface area contributed by atoms with E-state index in [1.807, 2.05) is 0 Å². The zero-order valence-electron chi connectivity index (χ0n) is 9.55. The Bertz CT molecular complexity index is 329. The van der Waals surface area contributed by atoms with E-state index in [1.165, 1.54) is 0 Å². The Morgan fingerprint density at radius 3 is 2.71 bits per heavy atom. The molecule has 1 heterocycles. The first kappa shape index (κ1) is 13.7. The fourth-order valence-corrected chi connectivity index (χ4v) is 1.51. The molecule has 0 aromatic rings. The normalized spacial score (nSPS) is 32.3. The monoisotopic (exact) mass is 245 g/mol. The summed E-state index contributed by atoms with van der Waals surface area (Å²) in [4.78, 5) is 14.0. The van der Waals surface area contributed by atoms with E-state index < -0.39 is 30.4 Å². The highest BCUT2D eigenvalue weighted by molar-refractivity contribution is 5.76. The molecule has 0 aromatic heterocycles. The van der Waals surface area contributed by atoms with Gasteiger partial charge in [-0.05, 0) is 19.4 Å². The molecular weight excluding hydrogens is 230 g/mol. The summed E-state index contributed by atoms with van der Waals surface area (Å²) in [5.74, 6) is -0.741. The highest BCUT2D eigenvalue weighted by atomic mass is 16.6. The van der Waals surface area contributed by atoms with E-state index in [-0.39, 0.29) is 12.6 Å². The number of hydrogen-bond acceptors (Lipinski definition) is 6. The number of rotatable bonds is 4. The van der Waals surface area contributed by atoms with Gasteiger partial charge in [-0.1, -0.05) is 5.11 Å². The number of nitrogens with zero attached hydrogens (tertiary/aromatic N) is 3. The predicted molar refractivity (Wildman–Crippen MR) is 55.9 cm³/mol. The van der Waals surface area contributed by atoms with Gasteiger partial charge in [-0.3, -0.25) is 0 Å². The first-order valence-corrected chi connectivity index (χ1v) is 5.20. The van der Waals surface area contributed by atoms with Gasteiger partial charge in [-0.2, -0.15) is 0 Å². The number of carbonyl (C=O) groups is 1. The molecule has 2 N–H and O–H groups in total. The van der Waals surface area contributed by atoms with Crippen molar-refractivity contribution in [3.63, 3.8) is 0 Å². The van der Waals surface area contributed by atoms with Gasteiger partial charge in [0.05, 0.1) is 18.8 Å². The largest absolute Gasteiger partial charge is 0.461 e. The van der Waals surface area contributed by atoms with Crippen LogP contribution in [-0.2, 0) is 14.3 Å². The zero-order valence-corrected chi connectivity index (χ0v) is 9.55. The third kappa shape index (κ3) is 3.31. The molecule has 0 aliphatic carbocycles. The van der Waals surface area contributed by atoms with Crippen molar-refractivity contribution >= 4 is 5.97 Å². The SMILES string of the molecule is CC(C)OC(=O)[C@H]1O[C@H](CN=[N+]=[N-])[C@H](O)[C@@H]1O. The Morgan fingerprint density at radius 2 is 2.18 bits per heavy atom. The summed E-state index contributed by atoms with van der Waals surface area (Å²) < 4.78 is 9.98. The summed E-state index contributed by atoms with van der Waals surface area (Å²) in [5.41, 5.74) is 8.14. The highest BCUT2D eigenvalue weighted by Crippen LogP contribution is 2.23. The Balaban J connectivity index is 2.64. The molecule has 96 valence electrons. The average Bonchev–Trinajstić information content (AvgIpc) is 2.53. The molecule has 0 aromatic carbocycles. The summed E-state index contributed by atoms with van der Waals surface area (Å²) in [5, 5.41) is 22.4. The Morgan fingerprint density at radius 1 is 1.53 bits per heavy atom. The van der Waals surface area contributed by atoms with Gasteiger partial charge in [0.15, 0.2) is 6.10 Å². The average molecular weight is 245 g/mol. The molecule has 8 nitrogen and oxygen atoms in total. The van der Waals surface area contributed by atoms with Crippen LogP contribution in [0.15, 0.2) is 5.11 Å². The van der Waals surface area contributed by atoms with Gasteiger partial charge in [0.2, 0.25) is 0 Å². The molecule has 0 saturated carbocycles. The molecule has 1 aliphatic rings. The molecular formula is C9H15N3O5. The molecule has 0 spiro atoms. The van der Waals surface area contributed by atoms with Crippen LogP contribution in [0.1, 0.15) is 13.8 Å². The van der Waals surface area contributed by atoms with Crippen molar-refractivity contribution in [3.8, 4) is 0 Å². The summed E-state index contributed by atoms with van der Waals surface area (Å²) >= 11 is 0. The lowest BCUT2D eigenvalue weighted by Gasteiger charge is -2.15. The number of hydrogen-bond donors (Lipinski definition) is 2. The number of esters is 1. The third-order valence-corrected chi connectivity index (χ3v) is 2.27. The summed E-state index contributed by atoms with van der Waals surface area (Å²) in [6.07, 6.45) is -5.13. The van der Waals surface area contributed by atoms with Crippen molar-refractivity contribution in [3.05, 3.63) is 10.4 Å². The maximum absolute atomic E-state index is 11.5. The number of azide groups is 1. The van der Waals surface area contributed by atoms with Gasteiger partial charge in [-0.25, -0.2) is 4.79 Å². The Hall–Kier alpha value is -1.34. The first-order chi connectivity index (χ1) is 7.97. The maximum Gasteiger partial charge on any atom is 0.338 e. The van der Waals surface area contributed by atoms with Crippen LogP contribution in [0.5, 0.6) is 0 Å². The van der Waals surface area contributed by atoms with Crippen molar-refractivity contribution < 1.29 is 24.5 Å². The lowest BCUT2D eigenvalue weighted by Crippen LogP contribution is -2.38. The van der Waals surface area contributed by atoms with Gasteiger partial charge in [0, 0.05) is 4.91 Å². The van der Waals surface area contributed by atoms with Crippen LogP contribution in [0.3, 0.4) is 0 Å². The summed E-state index contributed by atoms with van der Waals surface area (Å²) in [6.45, 7) is 3.17. The minimum absolute atomic E-state index is 0.153. The second kappa shape index (κ2) is 5.83. The highest BCUT2D eigenvalue weighted by Gasteiger charge is 2.46. The van der Waals surface area contributed by atoms with Crippen molar-refractivity contribution in [2.24, 2.45) is 5.11 Å². The van der Waals surface area contributed by atoms with Crippen LogP contribution in [0.25, 0.3) is 10.4 Å². The Kier molecular flexibility index (Phi) is 4.71. The molecule has 17 heavy (non-hydrogen) atoms. The molecule has 0 radical (unpaired) electrons. The quantitative estimate of drug-likeness (QED) is 0.305. The van der Waals surface area contributed by atoms with Gasteiger partial charge >= 0.3 is 5.97 Å². The maximum atomic E-state index is 11.5. The van der Waals surface area contributed by atoms with Crippen LogP contribution in [0, 0.1) is 0 Å². The lowest BCUT2D eigenvalue weighted by atomic mass is 10.1. The number of carbonyl (C=O) groups excluding carboxylic acids is 1. The standard InChI is InChI=1S/C9H15N3O5/c1-4(2)16-9(15)8-7(14)6(13)5(17-8)3-11-12-10/h4-8,13-14H,3H2,1-2H3/t5-,6+,7+,8+/m1/s1. The zero-order chi connectivity index (χ0) is 13.0. The summed E-state index contributed by atoms with van der Waals surface area (Å²) in [6, 6.07) is 0. The number of aliphatic hydroxyl groups is 2. The van der Waals surface area contributed by atoms with Crippen molar-refractivity contribution in [2.75, 3.05) is 6.54 Å². The fourth-order valence-electron chi connectivity index (χ4n) is 1.51. The molecule has 0 amide bonds. The fraction of sp³-hybridized carbons (Fsp3) is 0.889. The van der Waals surface area contributed by atoms with Crippen LogP contribution in [0.2, 0.25) is 0 Å². The smallest absolute Gasteiger partial charge is 0.338 e. The lowest BCUT2D eigenvalue weighted by molar-refractivity contribution is -0.163. The van der Waals surface area contributed by atoms with Crippen LogP contribution in [0.4, 0.5) is 0 Å². The van der Waals surface area contributed by atoms with Crippen molar-refractivity contribution in [1.29, 1.82) is 0 Å². The van der Waals surface area contributed by atoms with Crippen LogP contribution < -0.4 is 0 Å². The van der Waals surface area contributed by atoms with E-state index in [1.54, 1.807) is 13.8 Å². The topological polar surface area (TPSA) is 125 Å². The molecule has 1 aliphatic heterocycles. The van der Waals surface area contributed by atoms with Crippen molar-refractivity contribution in [2.45, 2.75) is 44.4 Å². The number of ether oxygens (including phenoxy) is 2. The number of aliphatic hydroxyl groups excluding tert-OH is 2. The minimum Gasteiger partial charge on any atom is -0.461 e. The summed E-state index contributed by atoms with van der Waals surface area (Å²) in [7, 11) is 0. The second-order valence-corrected chi connectivity index (χ2v) is 3.98. The van der Waals surface area contributed by atoms with Gasteiger partial charge in [0.25, 0.3) is 0 Å². The molecule has 1 fully saturated rings. The van der Waals surface area contributed by atoms with E-state index in [4.69, 9.17) is 15.0 Å². The van der Waals surface area contributed by atoms with Crippen LogP contribution >= 0.6 is 0 Å². The molecule has 8 heteroatoms. The van der Waals surface area contributed by atoms with E-state index in [9.17, 15) is 15.0 Å². The van der Waals surface area contributed by atoms with E-state index >= 15 is 0 Å². The molecule has 0 bridgehead atoms. The van der Waals surface area contributed by atoms with Crippen LogP contribution in [-0.4, -0.2) is 53.2 Å². The van der Waals surface area contributed by atoms with E-state index in [0.29, 0.717) is 0 Å². The van der Waals surface area contributed by atoms with E-state index in [2.05, 4.69) is 10.0 Å². The minimum atomic E-state index is -1.37. The molecule has 0 unspecified atom stereocenters. The Labute approximate surface area is 97.8 Å². The van der Waals surface area contributed by atoms with Gasteiger partial charge in [0.1, 0.15) is 12.2 Å². The van der Waals surface area contributed by atoms with Crippen molar-refractivity contribution in [1.82, 2.24) is 0 Å². The molecule has 4 atom stereocenters. The molecule has 1 saturated heterocycles. The molecule has 1 rings (SSSR count).